The molecule has 2 rings (SSSR count). The molecular weight excluding hydrogens is 304 g/mol. The highest BCUT2D eigenvalue weighted by Crippen LogP contribution is 2.11. The van der Waals surface area contributed by atoms with Crippen LogP contribution in [0.1, 0.15) is 18.4 Å². The number of hydrogen-bond acceptors (Lipinski definition) is 6. The van der Waals surface area contributed by atoms with E-state index in [1.807, 2.05) is 0 Å². The van der Waals surface area contributed by atoms with Gasteiger partial charge in [-0.15, -0.1) is 0 Å². The number of benzene rings is 1. The maximum absolute atomic E-state index is 11.5. The molecular formula is C14H16N4O5. The lowest BCUT2D eigenvalue weighted by Gasteiger charge is -2.09. The summed E-state index contributed by atoms with van der Waals surface area (Å²) in [6.45, 7) is 0.963. The van der Waals surface area contributed by atoms with Crippen LogP contribution >= 0.6 is 0 Å². The monoisotopic (exact) mass is 320 g/mol. The van der Waals surface area contributed by atoms with E-state index in [1.165, 1.54) is 30.5 Å². The summed E-state index contributed by atoms with van der Waals surface area (Å²) in [6.07, 6.45) is 3.05. The lowest BCUT2D eigenvalue weighted by atomic mass is 10.2. The molecule has 1 aliphatic rings. The Labute approximate surface area is 131 Å². The number of carbonyl (C=O) groups excluding carboxylic acids is 2. The molecule has 2 N–H and O–H groups in total. The van der Waals surface area contributed by atoms with Crippen molar-refractivity contribution in [2.75, 3.05) is 13.2 Å². The molecule has 1 aromatic rings. The maximum atomic E-state index is 11.5. The van der Waals surface area contributed by atoms with E-state index in [0.717, 1.165) is 12.8 Å². The van der Waals surface area contributed by atoms with Crippen LogP contribution in [0, 0.1) is 10.1 Å². The topological polar surface area (TPSA) is 123 Å². The van der Waals surface area contributed by atoms with Crippen molar-refractivity contribution in [1.82, 2.24) is 10.7 Å². The van der Waals surface area contributed by atoms with Crippen LogP contribution in [0.2, 0.25) is 0 Å². The van der Waals surface area contributed by atoms with Gasteiger partial charge in [0.2, 0.25) is 0 Å². The minimum Gasteiger partial charge on any atom is -0.376 e. The van der Waals surface area contributed by atoms with Crippen LogP contribution in [0.4, 0.5) is 5.69 Å². The van der Waals surface area contributed by atoms with Gasteiger partial charge < -0.3 is 10.1 Å². The Hall–Kier alpha value is -2.81. The van der Waals surface area contributed by atoms with Gasteiger partial charge in [-0.1, -0.05) is 0 Å². The average molecular weight is 320 g/mol. The highest BCUT2D eigenvalue weighted by atomic mass is 16.6. The van der Waals surface area contributed by atoms with Gasteiger partial charge in [-0.3, -0.25) is 19.7 Å². The van der Waals surface area contributed by atoms with E-state index >= 15 is 0 Å². The SMILES string of the molecule is O=C(NCC1CCCO1)C(=O)NN=Cc1ccc([N+](=O)[O-])cc1. The Morgan fingerprint density at radius 3 is 2.70 bits per heavy atom. The Morgan fingerprint density at radius 1 is 1.35 bits per heavy atom. The molecule has 1 atom stereocenters. The third-order valence-corrected chi connectivity index (χ3v) is 3.20. The number of non-ortho nitro benzene ring substituents is 1. The normalized spacial score (nSPS) is 17.1. The summed E-state index contributed by atoms with van der Waals surface area (Å²) in [5.41, 5.74) is 2.60. The molecule has 0 saturated carbocycles. The summed E-state index contributed by atoms with van der Waals surface area (Å²) in [5, 5.41) is 16.6. The quantitative estimate of drug-likeness (QED) is 0.350. The summed E-state index contributed by atoms with van der Waals surface area (Å²) in [4.78, 5) is 33.0. The van der Waals surface area contributed by atoms with Gasteiger partial charge in [0, 0.05) is 25.3 Å². The third-order valence-electron chi connectivity index (χ3n) is 3.20. The van der Waals surface area contributed by atoms with Gasteiger partial charge in [-0.25, -0.2) is 5.43 Å². The van der Waals surface area contributed by atoms with Gasteiger partial charge in [0.15, 0.2) is 0 Å². The van der Waals surface area contributed by atoms with Crippen molar-refractivity contribution in [3.8, 4) is 0 Å². The van der Waals surface area contributed by atoms with Gasteiger partial charge in [0.05, 0.1) is 17.2 Å². The fraction of sp³-hybridized carbons (Fsp3) is 0.357. The Kier molecular flexibility index (Phi) is 5.75. The number of hydrogen-bond donors (Lipinski definition) is 2. The van der Waals surface area contributed by atoms with Crippen molar-refractivity contribution in [2.24, 2.45) is 5.10 Å². The number of carbonyl (C=O) groups is 2. The van der Waals surface area contributed by atoms with Crippen LogP contribution in [0.3, 0.4) is 0 Å². The maximum Gasteiger partial charge on any atom is 0.329 e. The summed E-state index contributed by atoms with van der Waals surface area (Å²) in [6, 6.07) is 5.59. The third kappa shape index (κ3) is 5.15. The second-order valence-corrected chi connectivity index (χ2v) is 4.89. The summed E-state index contributed by atoms with van der Waals surface area (Å²) in [5.74, 6) is -1.68. The van der Waals surface area contributed by atoms with E-state index < -0.39 is 16.7 Å². The van der Waals surface area contributed by atoms with E-state index in [0.29, 0.717) is 18.7 Å². The van der Waals surface area contributed by atoms with Crippen molar-refractivity contribution in [1.29, 1.82) is 0 Å². The molecule has 0 bridgehead atoms. The van der Waals surface area contributed by atoms with Gasteiger partial charge in [-0.05, 0) is 30.5 Å². The zero-order valence-electron chi connectivity index (χ0n) is 12.2. The second-order valence-electron chi connectivity index (χ2n) is 4.89. The minimum absolute atomic E-state index is 0.0419. The number of nitrogens with zero attached hydrogens (tertiary/aromatic N) is 2. The molecule has 122 valence electrons. The number of nitro groups is 1. The molecule has 0 aromatic heterocycles. The zero-order valence-corrected chi connectivity index (χ0v) is 12.2. The van der Waals surface area contributed by atoms with Crippen molar-refractivity contribution in [2.45, 2.75) is 18.9 Å². The van der Waals surface area contributed by atoms with Crippen LogP contribution in [-0.2, 0) is 14.3 Å². The first-order valence-electron chi connectivity index (χ1n) is 7.03. The van der Waals surface area contributed by atoms with Crippen LogP contribution in [0.25, 0.3) is 0 Å². The molecule has 0 spiro atoms. The fourth-order valence-corrected chi connectivity index (χ4v) is 1.99. The number of amides is 2. The van der Waals surface area contributed by atoms with Crippen LogP contribution in [-0.4, -0.2) is 42.2 Å². The number of nitrogens with one attached hydrogen (secondary N) is 2. The fourth-order valence-electron chi connectivity index (χ4n) is 1.99. The van der Waals surface area contributed by atoms with Crippen molar-refractivity contribution >= 4 is 23.7 Å². The largest absolute Gasteiger partial charge is 0.376 e. The Morgan fingerprint density at radius 2 is 2.09 bits per heavy atom. The molecule has 1 aromatic carbocycles. The first kappa shape index (κ1) is 16.6. The van der Waals surface area contributed by atoms with Gasteiger partial charge in [0.25, 0.3) is 5.69 Å². The molecule has 2 amide bonds. The molecule has 1 aliphatic heterocycles. The standard InChI is InChI=1S/C14H16N4O5/c19-13(15-9-12-2-1-7-23-12)14(20)17-16-8-10-3-5-11(6-4-10)18(21)22/h3-6,8,12H,1-2,7,9H2,(H,15,19)(H,17,20). The average Bonchev–Trinajstić information content (AvgIpc) is 3.06. The molecule has 9 nitrogen and oxygen atoms in total. The molecule has 1 unspecified atom stereocenters. The molecule has 1 fully saturated rings. The molecule has 0 aliphatic carbocycles. The predicted molar refractivity (Wildman–Crippen MR) is 80.8 cm³/mol. The van der Waals surface area contributed by atoms with Crippen LogP contribution < -0.4 is 10.7 Å². The first-order valence-corrected chi connectivity index (χ1v) is 7.03. The van der Waals surface area contributed by atoms with Gasteiger partial charge >= 0.3 is 11.8 Å². The molecule has 9 heteroatoms. The number of ether oxygens (including phenoxy) is 1. The molecule has 23 heavy (non-hydrogen) atoms. The number of rotatable bonds is 5. The van der Waals surface area contributed by atoms with Crippen LogP contribution in [0.5, 0.6) is 0 Å². The second kappa shape index (κ2) is 7.99. The van der Waals surface area contributed by atoms with Crippen molar-refractivity contribution in [3.05, 3.63) is 39.9 Å². The Balaban J connectivity index is 1.76. The van der Waals surface area contributed by atoms with E-state index in [2.05, 4.69) is 15.8 Å². The highest BCUT2D eigenvalue weighted by molar-refractivity contribution is 6.35. The molecule has 1 heterocycles. The highest BCUT2D eigenvalue weighted by Gasteiger charge is 2.18. The lowest BCUT2D eigenvalue weighted by molar-refractivity contribution is -0.384. The summed E-state index contributed by atoms with van der Waals surface area (Å²) < 4.78 is 5.32. The van der Waals surface area contributed by atoms with Gasteiger partial charge in [-0.2, -0.15) is 5.10 Å². The molecule has 1 saturated heterocycles. The summed E-state index contributed by atoms with van der Waals surface area (Å²) >= 11 is 0. The first-order chi connectivity index (χ1) is 11.1. The van der Waals surface area contributed by atoms with Gasteiger partial charge in [0.1, 0.15) is 0 Å². The number of hydrazone groups is 1. The van der Waals surface area contributed by atoms with Crippen molar-refractivity contribution in [3.63, 3.8) is 0 Å². The summed E-state index contributed by atoms with van der Waals surface area (Å²) in [7, 11) is 0. The Bertz CT molecular complexity index is 608. The van der Waals surface area contributed by atoms with Crippen molar-refractivity contribution < 1.29 is 19.2 Å². The van der Waals surface area contributed by atoms with E-state index in [1.54, 1.807) is 0 Å². The molecule has 0 radical (unpaired) electrons. The zero-order chi connectivity index (χ0) is 16.7. The lowest BCUT2D eigenvalue weighted by Crippen LogP contribution is -2.41. The number of nitro benzene ring substituents is 1. The van der Waals surface area contributed by atoms with Crippen LogP contribution in [0.15, 0.2) is 29.4 Å². The van der Waals surface area contributed by atoms with E-state index in [9.17, 15) is 19.7 Å². The minimum atomic E-state index is -0.888. The van der Waals surface area contributed by atoms with E-state index in [-0.39, 0.29) is 11.8 Å². The predicted octanol–water partition coefficient (Wildman–Crippen LogP) is 0.340. The van der Waals surface area contributed by atoms with E-state index in [4.69, 9.17) is 4.74 Å². The smallest absolute Gasteiger partial charge is 0.329 e.